The van der Waals surface area contributed by atoms with E-state index in [0.717, 1.165) is 40.8 Å². The maximum absolute atomic E-state index is 11.6. The molecule has 2 aromatic heterocycles. The van der Waals surface area contributed by atoms with Gasteiger partial charge in [-0.3, -0.25) is 10.2 Å². The molecular weight excluding hydrogens is 442 g/mol. The highest BCUT2D eigenvalue weighted by Crippen LogP contribution is 2.28. The normalized spacial score (nSPS) is 14.3. The van der Waals surface area contributed by atoms with Gasteiger partial charge in [-0.15, -0.1) is 0 Å². The van der Waals surface area contributed by atoms with Crippen molar-refractivity contribution in [2.24, 2.45) is 0 Å². The minimum Gasteiger partial charge on any atom is -0.423 e. The molecule has 0 bridgehead atoms. The molecule has 4 aromatic rings. The predicted octanol–water partition coefficient (Wildman–Crippen LogP) is 4.90. The summed E-state index contributed by atoms with van der Waals surface area (Å²) in [6.45, 7) is 4.03. The zero-order chi connectivity index (χ0) is 24.5. The number of anilines is 4. The van der Waals surface area contributed by atoms with Gasteiger partial charge >= 0.3 is 0 Å². The summed E-state index contributed by atoms with van der Waals surface area (Å²) in [6, 6.07) is 12.0. The van der Waals surface area contributed by atoms with Crippen molar-refractivity contribution in [1.29, 1.82) is 5.41 Å². The zero-order valence-electron chi connectivity index (χ0n) is 19.7. The first kappa shape index (κ1) is 22.5. The van der Waals surface area contributed by atoms with Crippen molar-refractivity contribution < 1.29 is 9.21 Å². The Morgan fingerprint density at radius 1 is 1.11 bits per heavy atom. The van der Waals surface area contributed by atoms with E-state index in [1.807, 2.05) is 44.2 Å². The van der Waals surface area contributed by atoms with Crippen molar-refractivity contribution in [1.82, 2.24) is 15.0 Å². The summed E-state index contributed by atoms with van der Waals surface area (Å²) in [7, 11) is 0. The molecule has 1 aliphatic carbocycles. The van der Waals surface area contributed by atoms with Crippen LogP contribution in [0.1, 0.15) is 47.9 Å². The molecule has 0 amide bonds. The van der Waals surface area contributed by atoms with Gasteiger partial charge < -0.3 is 20.8 Å². The van der Waals surface area contributed by atoms with E-state index in [1.165, 1.54) is 6.33 Å². The number of carbonyl (C=O) groups excluding carboxylic acids is 1. The third kappa shape index (κ3) is 4.70. The fraction of sp³-hybridized carbons (Fsp3) is 0.269. The molecule has 178 valence electrons. The number of nitrogen functional groups attached to an aromatic ring is 1. The van der Waals surface area contributed by atoms with Gasteiger partial charge in [0.05, 0.1) is 11.3 Å². The van der Waals surface area contributed by atoms with Crippen LogP contribution in [0.4, 0.5) is 23.3 Å². The minimum absolute atomic E-state index is 0.115. The van der Waals surface area contributed by atoms with Crippen molar-refractivity contribution in [2.75, 3.05) is 16.4 Å². The van der Waals surface area contributed by atoms with Crippen molar-refractivity contribution in [3.63, 3.8) is 0 Å². The maximum atomic E-state index is 11.6. The summed E-state index contributed by atoms with van der Waals surface area (Å²) in [5, 5.41) is 15.4. The number of rotatable bonds is 6. The van der Waals surface area contributed by atoms with Gasteiger partial charge in [-0.25, -0.2) is 9.97 Å². The fourth-order valence-corrected chi connectivity index (χ4v) is 4.45. The molecule has 5 rings (SSSR count). The van der Waals surface area contributed by atoms with E-state index in [-0.39, 0.29) is 23.4 Å². The molecule has 9 heteroatoms. The maximum Gasteiger partial charge on any atom is 0.300 e. The highest BCUT2D eigenvalue weighted by atomic mass is 16.4. The molecule has 1 aliphatic rings. The van der Waals surface area contributed by atoms with Crippen LogP contribution < -0.4 is 16.4 Å². The summed E-state index contributed by atoms with van der Waals surface area (Å²) in [6.07, 6.45) is 3.98. The minimum atomic E-state index is 0.115. The Kier molecular flexibility index (Phi) is 5.90. The molecule has 0 aliphatic heterocycles. The molecular formula is C26H27N7O2. The van der Waals surface area contributed by atoms with E-state index in [2.05, 4.69) is 31.7 Å². The Labute approximate surface area is 202 Å². The lowest BCUT2D eigenvalue weighted by atomic mass is 9.94. The van der Waals surface area contributed by atoms with Gasteiger partial charge in [0.2, 0.25) is 0 Å². The molecule has 0 spiro atoms. The number of aromatic nitrogens is 3. The zero-order valence-corrected chi connectivity index (χ0v) is 19.7. The first-order valence-corrected chi connectivity index (χ1v) is 11.6. The van der Waals surface area contributed by atoms with Crippen LogP contribution in [0.15, 0.2) is 47.1 Å². The molecule has 0 atom stereocenters. The van der Waals surface area contributed by atoms with Crippen LogP contribution >= 0.6 is 0 Å². The SMILES string of the molecule is Cc1cc(C)c2oc(Nc3ccc(C(=N)c4c(N)ncnc4NC4CCC(=O)CC4)cc3)nc2c1. The lowest BCUT2D eigenvalue weighted by molar-refractivity contribution is -0.120. The molecule has 35 heavy (non-hydrogen) atoms. The number of oxazole rings is 1. The summed E-state index contributed by atoms with van der Waals surface area (Å²) >= 11 is 0. The molecule has 1 saturated carbocycles. The van der Waals surface area contributed by atoms with E-state index < -0.39 is 0 Å². The number of ketones is 1. The number of fused-ring (bicyclic) bond motifs is 1. The second-order valence-electron chi connectivity index (χ2n) is 8.97. The Morgan fingerprint density at radius 3 is 2.60 bits per heavy atom. The Bertz CT molecular complexity index is 1420. The number of hydrogen-bond acceptors (Lipinski definition) is 9. The fourth-order valence-electron chi connectivity index (χ4n) is 4.45. The van der Waals surface area contributed by atoms with E-state index in [4.69, 9.17) is 15.6 Å². The van der Waals surface area contributed by atoms with Crippen LogP contribution in [0.5, 0.6) is 0 Å². The van der Waals surface area contributed by atoms with Crippen LogP contribution in [-0.2, 0) is 4.79 Å². The number of nitrogens with two attached hydrogens (primary N) is 1. The number of aryl methyl sites for hydroxylation is 2. The van der Waals surface area contributed by atoms with Gasteiger partial charge in [0.1, 0.15) is 29.3 Å². The molecule has 0 saturated heterocycles. The summed E-state index contributed by atoms with van der Waals surface area (Å²) in [5.74, 6) is 1.04. The molecule has 0 unspecified atom stereocenters. The van der Waals surface area contributed by atoms with Crippen molar-refractivity contribution in [2.45, 2.75) is 45.6 Å². The number of nitrogens with one attached hydrogen (secondary N) is 3. The Morgan fingerprint density at radius 2 is 1.86 bits per heavy atom. The third-order valence-electron chi connectivity index (χ3n) is 6.26. The smallest absolute Gasteiger partial charge is 0.300 e. The molecule has 2 aromatic carbocycles. The van der Waals surface area contributed by atoms with Crippen LogP contribution in [0.3, 0.4) is 0 Å². The highest BCUT2D eigenvalue weighted by Gasteiger charge is 2.22. The largest absolute Gasteiger partial charge is 0.423 e. The van der Waals surface area contributed by atoms with Crippen LogP contribution in [0, 0.1) is 19.3 Å². The van der Waals surface area contributed by atoms with Gasteiger partial charge in [0.25, 0.3) is 6.01 Å². The van der Waals surface area contributed by atoms with E-state index in [9.17, 15) is 4.79 Å². The van der Waals surface area contributed by atoms with E-state index >= 15 is 0 Å². The summed E-state index contributed by atoms with van der Waals surface area (Å²) in [5.41, 5.74) is 12.0. The van der Waals surface area contributed by atoms with Gasteiger partial charge in [-0.05, 0) is 56.0 Å². The average Bonchev–Trinajstić information content (AvgIpc) is 3.23. The van der Waals surface area contributed by atoms with Crippen LogP contribution in [0.25, 0.3) is 11.1 Å². The second-order valence-corrected chi connectivity index (χ2v) is 8.97. The van der Waals surface area contributed by atoms with Crippen molar-refractivity contribution in [3.8, 4) is 0 Å². The third-order valence-corrected chi connectivity index (χ3v) is 6.26. The first-order valence-electron chi connectivity index (χ1n) is 11.6. The monoisotopic (exact) mass is 469 g/mol. The van der Waals surface area contributed by atoms with E-state index in [1.54, 1.807) is 0 Å². The van der Waals surface area contributed by atoms with Crippen LogP contribution in [-0.4, -0.2) is 32.5 Å². The highest BCUT2D eigenvalue weighted by molar-refractivity contribution is 6.16. The van der Waals surface area contributed by atoms with Gasteiger partial charge in [0, 0.05) is 30.1 Å². The number of Topliss-reactive ketones (excluding diaryl/α,β-unsaturated/α-hetero) is 1. The number of carbonyl (C=O) groups is 1. The molecule has 5 N–H and O–H groups in total. The lowest BCUT2D eigenvalue weighted by Crippen LogP contribution is -2.28. The average molecular weight is 470 g/mol. The second kappa shape index (κ2) is 9.17. The predicted molar refractivity (Wildman–Crippen MR) is 136 cm³/mol. The van der Waals surface area contributed by atoms with E-state index in [0.29, 0.717) is 35.8 Å². The topological polar surface area (TPSA) is 143 Å². The number of hydrogen-bond donors (Lipinski definition) is 4. The number of benzene rings is 2. The van der Waals surface area contributed by atoms with Crippen LogP contribution in [0.2, 0.25) is 0 Å². The Balaban J connectivity index is 1.35. The van der Waals surface area contributed by atoms with Crippen molar-refractivity contribution in [3.05, 3.63) is 65.0 Å². The van der Waals surface area contributed by atoms with Gasteiger partial charge in [0.15, 0.2) is 5.58 Å². The standard InChI is InChI=1S/C26H27N7O2/c1-14-11-15(2)23-20(12-14)33-26(35-23)32-18-5-3-16(4-6-18)22(27)21-24(28)29-13-30-25(21)31-17-7-9-19(34)10-8-17/h3-6,11-13,17,27H,7-10H2,1-2H3,(H,32,33)(H3,28,29,30,31). The summed E-state index contributed by atoms with van der Waals surface area (Å²) in [4.78, 5) is 24.5. The lowest BCUT2D eigenvalue weighted by Gasteiger charge is -2.24. The van der Waals surface area contributed by atoms with Gasteiger partial charge in [-0.2, -0.15) is 4.98 Å². The molecule has 9 nitrogen and oxygen atoms in total. The quantitative estimate of drug-likeness (QED) is 0.292. The molecule has 2 heterocycles. The molecule has 0 radical (unpaired) electrons. The first-order chi connectivity index (χ1) is 16.9. The Hall–Kier alpha value is -4.27. The summed E-state index contributed by atoms with van der Waals surface area (Å²) < 4.78 is 5.89. The number of nitrogens with zero attached hydrogens (tertiary/aromatic N) is 3. The van der Waals surface area contributed by atoms with Crippen molar-refractivity contribution >= 4 is 45.9 Å². The van der Waals surface area contributed by atoms with Gasteiger partial charge in [-0.1, -0.05) is 18.2 Å². The molecule has 1 fully saturated rings.